The fourth-order valence-electron chi connectivity index (χ4n) is 1.63. The predicted octanol–water partition coefficient (Wildman–Crippen LogP) is 4.15. The van der Waals surface area contributed by atoms with E-state index < -0.39 is 5.82 Å². The van der Waals surface area contributed by atoms with Gasteiger partial charge in [0.25, 0.3) is 0 Å². The van der Waals surface area contributed by atoms with Gasteiger partial charge in [0, 0.05) is 16.8 Å². The van der Waals surface area contributed by atoms with E-state index in [1.54, 1.807) is 12.1 Å². The number of ketones is 1. The van der Waals surface area contributed by atoms with Crippen molar-refractivity contribution in [2.75, 3.05) is 0 Å². The Hall–Kier alpha value is -0.410. The molecule has 0 N–H and O–H groups in total. The number of carbonyl (C=O) groups is 1. The highest BCUT2D eigenvalue weighted by molar-refractivity contribution is 9.10. The predicted molar refractivity (Wildman–Crippen MR) is 65.2 cm³/mol. The van der Waals surface area contributed by atoms with Crippen LogP contribution in [-0.4, -0.2) is 5.78 Å². The first kappa shape index (κ1) is 12.1. The van der Waals surface area contributed by atoms with Crippen LogP contribution < -0.4 is 0 Å². The number of hydrogen-bond acceptors (Lipinski definition) is 1. The molecule has 1 aliphatic carbocycles. The molecular weight excluding hydrogens is 294 g/mol. The van der Waals surface area contributed by atoms with Crippen LogP contribution in [0.15, 0.2) is 16.6 Å². The van der Waals surface area contributed by atoms with Gasteiger partial charge in [0.1, 0.15) is 11.6 Å². The molecule has 0 heterocycles. The second-order valence-corrected chi connectivity index (χ2v) is 5.31. The highest BCUT2D eigenvalue weighted by Gasteiger charge is 2.28. The van der Waals surface area contributed by atoms with Gasteiger partial charge in [-0.1, -0.05) is 17.7 Å². The lowest BCUT2D eigenvalue weighted by molar-refractivity contribution is -0.120. The largest absolute Gasteiger partial charge is 0.299 e. The van der Waals surface area contributed by atoms with Gasteiger partial charge in [-0.3, -0.25) is 4.79 Å². The normalized spacial score (nSPS) is 15.2. The smallest absolute Gasteiger partial charge is 0.146 e. The lowest BCUT2D eigenvalue weighted by Crippen LogP contribution is -2.03. The van der Waals surface area contributed by atoms with Crippen LogP contribution in [0.3, 0.4) is 0 Å². The zero-order chi connectivity index (χ0) is 11.7. The van der Waals surface area contributed by atoms with E-state index >= 15 is 0 Å². The molecule has 0 amide bonds. The van der Waals surface area contributed by atoms with Crippen LogP contribution >= 0.6 is 27.5 Å². The second kappa shape index (κ2) is 4.84. The number of benzene rings is 1. The fraction of sp³-hybridized carbons (Fsp3) is 0.417. The molecule has 1 aromatic carbocycles. The van der Waals surface area contributed by atoms with E-state index in [0.29, 0.717) is 22.9 Å². The molecule has 0 atom stereocenters. The molecule has 0 unspecified atom stereocenters. The van der Waals surface area contributed by atoms with Crippen LogP contribution in [0.5, 0.6) is 0 Å². The van der Waals surface area contributed by atoms with E-state index in [2.05, 4.69) is 15.9 Å². The minimum Gasteiger partial charge on any atom is -0.299 e. The number of aryl methyl sites for hydroxylation is 1. The lowest BCUT2D eigenvalue weighted by atomic mass is 10.1. The van der Waals surface area contributed by atoms with Gasteiger partial charge in [0.05, 0.1) is 5.02 Å². The average molecular weight is 306 g/mol. The van der Waals surface area contributed by atoms with Crippen LogP contribution in [-0.2, 0) is 11.2 Å². The third kappa shape index (κ3) is 2.64. The Morgan fingerprint density at radius 2 is 2.19 bits per heavy atom. The molecule has 86 valence electrons. The second-order valence-electron chi connectivity index (χ2n) is 4.08. The van der Waals surface area contributed by atoms with Crippen molar-refractivity contribution in [3.05, 3.63) is 33.0 Å². The maximum absolute atomic E-state index is 13.7. The van der Waals surface area contributed by atoms with Gasteiger partial charge in [0.2, 0.25) is 0 Å². The molecule has 1 nitrogen and oxygen atoms in total. The Kier molecular flexibility index (Phi) is 3.65. The summed E-state index contributed by atoms with van der Waals surface area (Å²) in [6.45, 7) is 0. The maximum Gasteiger partial charge on any atom is 0.146 e. The van der Waals surface area contributed by atoms with Gasteiger partial charge in [-0.2, -0.15) is 0 Å². The van der Waals surface area contributed by atoms with Crippen LogP contribution in [0.25, 0.3) is 0 Å². The number of carbonyl (C=O) groups excluding carboxylic acids is 1. The van der Waals surface area contributed by atoms with E-state index in [4.69, 9.17) is 11.6 Å². The van der Waals surface area contributed by atoms with Crippen molar-refractivity contribution >= 4 is 33.3 Å². The number of rotatable bonds is 4. The molecule has 16 heavy (non-hydrogen) atoms. The Morgan fingerprint density at radius 1 is 1.50 bits per heavy atom. The molecule has 1 fully saturated rings. The molecule has 0 aliphatic heterocycles. The van der Waals surface area contributed by atoms with Crippen LogP contribution in [0.2, 0.25) is 5.02 Å². The summed E-state index contributed by atoms with van der Waals surface area (Å²) < 4.78 is 14.2. The summed E-state index contributed by atoms with van der Waals surface area (Å²) in [6, 6.07) is 3.38. The molecule has 2 rings (SSSR count). The Balaban J connectivity index is 2.03. The Bertz CT molecular complexity index is 429. The summed E-state index contributed by atoms with van der Waals surface area (Å²) in [6.07, 6.45) is 2.86. The summed E-state index contributed by atoms with van der Waals surface area (Å²) >= 11 is 8.92. The van der Waals surface area contributed by atoms with Gasteiger partial charge >= 0.3 is 0 Å². The van der Waals surface area contributed by atoms with E-state index in [9.17, 15) is 9.18 Å². The number of Topliss-reactive ketones (excluding diaryl/α,β-unsaturated/α-hetero) is 1. The molecule has 0 saturated heterocycles. The highest BCUT2D eigenvalue weighted by Crippen LogP contribution is 2.32. The molecule has 1 aromatic rings. The molecule has 4 heteroatoms. The average Bonchev–Trinajstić information content (AvgIpc) is 3.08. The molecule has 0 bridgehead atoms. The third-order valence-electron chi connectivity index (χ3n) is 2.79. The zero-order valence-electron chi connectivity index (χ0n) is 8.60. The first-order chi connectivity index (χ1) is 7.59. The highest BCUT2D eigenvalue weighted by atomic mass is 79.9. The minimum absolute atomic E-state index is 0.0939. The quantitative estimate of drug-likeness (QED) is 0.764. The van der Waals surface area contributed by atoms with Crippen molar-refractivity contribution in [3.8, 4) is 0 Å². The van der Waals surface area contributed by atoms with E-state index in [1.165, 1.54) is 0 Å². The maximum atomic E-state index is 13.7. The number of hydrogen-bond donors (Lipinski definition) is 0. The number of halogens is 3. The fourth-order valence-corrected chi connectivity index (χ4v) is 2.12. The van der Waals surface area contributed by atoms with Crippen LogP contribution in [0.4, 0.5) is 4.39 Å². The van der Waals surface area contributed by atoms with Crippen molar-refractivity contribution in [3.63, 3.8) is 0 Å². The summed E-state index contributed by atoms with van der Waals surface area (Å²) in [7, 11) is 0. The molecular formula is C12H11BrClFO. The van der Waals surface area contributed by atoms with Crippen molar-refractivity contribution < 1.29 is 9.18 Å². The SMILES string of the molecule is O=C(CCc1ccc(Br)c(Cl)c1F)C1CC1. The summed E-state index contributed by atoms with van der Waals surface area (Å²) in [4.78, 5) is 11.5. The summed E-state index contributed by atoms with van der Waals surface area (Å²) in [5.41, 5.74) is 0.516. The standard InChI is InChI=1S/C12H11BrClFO/c13-9-5-3-8(12(15)11(9)14)4-6-10(16)7-1-2-7/h3,5,7H,1-2,4,6H2. The van der Waals surface area contributed by atoms with Gasteiger partial charge in [-0.05, 0) is 46.8 Å². The van der Waals surface area contributed by atoms with Crippen molar-refractivity contribution in [1.29, 1.82) is 0 Å². The van der Waals surface area contributed by atoms with Crippen molar-refractivity contribution in [2.45, 2.75) is 25.7 Å². The topological polar surface area (TPSA) is 17.1 Å². The summed E-state index contributed by atoms with van der Waals surface area (Å²) in [5, 5.41) is 0.0939. The molecule has 0 radical (unpaired) electrons. The van der Waals surface area contributed by atoms with Crippen LogP contribution in [0.1, 0.15) is 24.8 Å². The van der Waals surface area contributed by atoms with Crippen LogP contribution in [0, 0.1) is 11.7 Å². The molecule has 0 spiro atoms. The van der Waals surface area contributed by atoms with Gasteiger partial charge < -0.3 is 0 Å². The van der Waals surface area contributed by atoms with E-state index in [-0.39, 0.29) is 16.7 Å². The Morgan fingerprint density at radius 3 is 2.81 bits per heavy atom. The van der Waals surface area contributed by atoms with Crippen molar-refractivity contribution in [2.24, 2.45) is 5.92 Å². The van der Waals surface area contributed by atoms with Gasteiger partial charge in [-0.25, -0.2) is 4.39 Å². The third-order valence-corrected chi connectivity index (χ3v) is 4.05. The van der Waals surface area contributed by atoms with Gasteiger partial charge in [-0.15, -0.1) is 0 Å². The van der Waals surface area contributed by atoms with E-state index in [1.807, 2.05) is 0 Å². The van der Waals surface area contributed by atoms with Gasteiger partial charge in [0.15, 0.2) is 0 Å². The minimum atomic E-state index is -0.417. The molecule has 1 aliphatic rings. The summed E-state index contributed by atoms with van der Waals surface area (Å²) in [5.74, 6) is 0.0760. The molecule has 0 aromatic heterocycles. The lowest BCUT2D eigenvalue weighted by Gasteiger charge is -2.05. The molecule has 1 saturated carbocycles. The van der Waals surface area contributed by atoms with Crippen molar-refractivity contribution in [1.82, 2.24) is 0 Å². The Labute approximate surface area is 107 Å². The monoisotopic (exact) mass is 304 g/mol. The van der Waals surface area contributed by atoms with E-state index in [0.717, 1.165) is 12.8 Å². The first-order valence-corrected chi connectivity index (χ1v) is 6.41. The first-order valence-electron chi connectivity index (χ1n) is 5.24. The zero-order valence-corrected chi connectivity index (χ0v) is 10.9.